The number of carbonyl (C=O) groups is 1. The van der Waals surface area contributed by atoms with Crippen LogP contribution in [0.15, 0.2) is 12.1 Å². The van der Waals surface area contributed by atoms with E-state index in [0.717, 1.165) is 11.3 Å². The number of anilines is 2. The Morgan fingerprint density at radius 1 is 1.32 bits per heavy atom. The van der Waals surface area contributed by atoms with Crippen molar-refractivity contribution in [2.24, 2.45) is 0 Å². The van der Waals surface area contributed by atoms with Gasteiger partial charge in [-0.25, -0.2) is 13.8 Å². The van der Waals surface area contributed by atoms with Gasteiger partial charge in [-0.1, -0.05) is 0 Å². The fourth-order valence-corrected chi connectivity index (χ4v) is 3.10. The van der Waals surface area contributed by atoms with Crippen molar-refractivity contribution in [1.82, 2.24) is 14.9 Å². The summed E-state index contributed by atoms with van der Waals surface area (Å²) in [5.41, 5.74) is 1.46. The van der Waals surface area contributed by atoms with Crippen LogP contribution in [-0.2, 0) is 24.3 Å². The molecule has 0 spiro atoms. The number of amides is 1. The lowest BCUT2D eigenvalue weighted by molar-refractivity contribution is -0.129. The number of benzene rings is 1. The summed E-state index contributed by atoms with van der Waals surface area (Å²) in [6.45, 7) is 2.35. The normalized spacial score (nSPS) is 13.1. The van der Waals surface area contributed by atoms with Gasteiger partial charge in [0, 0.05) is 45.2 Å². The summed E-state index contributed by atoms with van der Waals surface area (Å²) in [6.07, 6.45) is 0.564. The molecule has 2 aromatic rings. The SMILES string of the molecule is COc1ccc(F)c(CNc2nc(N(C)C)nc3c2CCN(C(C)=O)C3)c1F. The van der Waals surface area contributed by atoms with Crippen LogP contribution in [0.3, 0.4) is 0 Å². The highest BCUT2D eigenvalue weighted by molar-refractivity contribution is 5.73. The van der Waals surface area contributed by atoms with Crippen molar-refractivity contribution < 1.29 is 18.3 Å². The molecule has 1 amide bonds. The van der Waals surface area contributed by atoms with E-state index in [1.807, 2.05) is 0 Å². The van der Waals surface area contributed by atoms with Crippen molar-refractivity contribution in [2.45, 2.75) is 26.4 Å². The summed E-state index contributed by atoms with van der Waals surface area (Å²) >= 11 is 0. The molecule has 1 aliphatic rings. The first kappa shape index (κ1) is 19.8. The second kappa shape index (κ2) is 7.95. The van der Waals surface area contributed by atoms with Crippen LogP contribution in [-0.4, -0.2) is 48.5 Å². The fraction of sp³-hybridized carbons (Fsp3) is 0.421. The zero-order valence-electron chi connectivity index (χ0n) is 16.3. The molecule has 3 rings (SSSR count). The second-order valence-corrected chi connectivity index (χ2v) is 6.78. The summed E-state index contributed by atoms with van der Waals surface area (Å²) < 4.78 is 33.5. The first-order valence-electron chi connectivity index (χ1n) is 8.89. The number of hydrogen-bond donors (Lipinski definition) is 1. The maximum atomic E-state index is 14.4. The average molecular weight is 391 g/mol. The summed E-state index contributed by atoms with van der Waals surface area (Å²) in [5, 5.41) is 3.04. The molecule has 1 aliphatic heterocycles. The number of methoxy groups -OCH3 is 1. The van der Waals surface area contributed by atoms with Crippen LogP contribution in [0, 0.1) is 11.6 Å². The van der Waals surface area contributed by atoms with E-state index in [1.54, 1.807) is 23.9 Å². The van der Waals surface area contributed by atoms with Gasteiger partial charge in [0.05, 0.1) is 19.3 Å². The van der Waals surface area contributed by atoms with Gasteiger partial charge in [0.25, 0.3) is 0 Å². The van der Waals surface area contributed by atoms with Gasteiger partial charge in [0.2, 0.25) is 11.9 Å². The topological polar surface area (TPSA) is 70.6 Å². The van der Waals surface area contributed by atoms with Gasteiger partial charge < -0.3 is 19.9 Å². The van der Waals surface area contributed by atoms with Gasteiger partial charge in [-0.2, -0.15) is 4.98 Å². The van der Waals surface area contributed by atoms with Crippen LogP contribution >= 0.6 is 0 Å². The molecule has 0 saturated carbocycles. The molecule has 1 N–H and O–H groups in total. The van der Waals surface area contributed by atoms with Crippen LogP contribution in [0.4, 0.5) is 20.5 Å². The third-order valence-electron chi connectivity index (χ3n) is 4.70. The Kier molecular flexibility index (Phi) is 5.62. The molecule has 0 atom stereocenters. The van der Waals surface area contributed by atoms with Crippen LogP contribution in [0.5, 0.6) is 5.75 Å². The number of fused-ring (bicyclic) bond motifs is 1. The molecular weight excluding hydrogens is 368 g/mol. The van der Waals surface area contributed by atoms with Crippen molar-refractivity contribution in [2.75, 3.05) is 38.0 Å². The first-order valence-corrected chi connectivity index (χ1v) is 8.89. The number of hydrogen-bond acceptors (Lipinski definition) is 6. The van der Waals surface area contributed by atoms with E-state index in [-0.39, 0.29) is 23.8 Å². The molecule has 150 valence electrons. The number of ether oxygens (including phenoxy) is 1. The van der Waals surface area contributed by atoms with Crippen molar-refractivity contribution in [3.8, 4) is 5.75 Å². The number of aromatic nitrogens is 2. The molecule has 0 aliphatic carbocycles. The number of nitrogens with zero attached hydrogens (tertiary/aromatic N) is 4. The van der Waals surface area contributed by atoms with Crippen LogP contribution < -0.4 is 15.0 Å². The fourth-order valence-electron chi connectivity index (χ4n) is 3.10. The molecular formula is C19H23F2N5O2. The molecule has 2 heterocycles. The molecule has 7 nitrogen and oxygen atoms in total. The predicted molar refractivity (Wildman–Crippen MR) is 101 cm³/mol. The van der Waals surface area contributed by atoms with Crippen LogP contribution in [0.25, 0.3) is 0 Å². The Balaban J connectivity index is 1.94. The number of carbonyl (C=O) groups excluding carboxylic acids is 1. The van der Waals surface area contributed by atoms with Crippen molar-refractivity contribution >= 4 is 17.7 Å². The second-order valence-electron chi connectivity index (χ2n) is 6.78. The number of rotatable bonds is 5. The van der Waals surface area contributed by atoms with E-state index in [4.69, 9.17) is 4.74 Å². The maximum Gasteiger partial charge on any atom is 0.227 e. The Bertz CT molecular complexity index is 904. The van der Waals surface area contributed by atoms with Gasteiger partial charge in [-0.15, -0.1) is 0 Å². The van der Waals surface area contributed by atoms with Crippen LogP contribution in [0.1, 0.15) is 23.7 Å². The van der Waals surface area contributed by atoms with Gasteiger partial charge in [0.1, 0.15) is 11.6 Å². The zero-order valence-corrected chi connectivity index (χ0v) is 16.3. The Morgan fingerprint density at radius 2 is 2.07 bits per heavy atom. The predicted octanol–water partition coefficient (Wildman–Crippen LogP) is 2.35. The maximum absolute atomic E-state index is 14.4. The van der Waals surface area contributed by atoms with E-state index in [9.17, 15) is 13.6 Å². The van der Waals surface area contributed by atoms with Gasteiger partial charge >= 0.3 is 0 Å². The van der Waals surface area contributed by atoms with Gasteiger partial charge in [-0.3, -0.25) is 4.79 Å². The van der Waals surface area contributed by atoms with E-state index in [2.05, 4.69) is 15.3 Å². The molecule has 28 heavy (non-hydrogen) atoms. The summed E-state index contributed by atoms with van der Waals surface area (Å²) in [5.74, 6) is -0.478. The zero-order chi connectivity index (χ0) is 20.4. The molecule has 1 aromatic heterocycles. The summed E-state index contributed by atoms with van der Waals surface area (Å²) in [7, 11) is 4.94. The van der Waals surface area contributed by atoms with E-state index < -0.39 is 11.6 Å². The smallest absolute Gasteiger partial charge is 0.227 e. The van der Waals surface area contributed by atoms with E-state index in [0.29, 0.717) is 31.3 Å². The monoisotopic (exact) mass is 391 g/mol. The Hall–Kier alpha value is -2.97. The average Bonchev–Trinajstić information content (AvgIpc) is 2.67. The first-order chi connectivity index (χ1) is 13.3. The molecule has 0 radical (unpaired) electrons. The minimum atomic E-state index is -0.742. The standard InChI is InChI=1S/C19H23F2N5O2/c1-11(27)26-8-7-12-15(10-26)23-19(25(2)3)24-18(12)22-9-13-14(20)5-6-16(28-4)17(13)21/h5-6H,7-10H2,1-4H3,(H,22,23,24). The third kappa shape index (κ3) is 3.83. The molecule has 1 aromatic carbocycles. The molecule has 0 unspecified atom stereocenters. The van der Waals surface area contributed by atoms with Crippen LogP contribution in [0.2, 0.25) is 0 Å². The highest BCUT2D eigenvalue weighted by Gasteiger charge is 2.24. The van der Waals surface area contributed by atoms with Gasteiger partial charge in [0.15, 0.2) is 11.6 Å². The molecule has 0 saturated heterocycles. The summed E-state index contributed by atoms with van der Waals surface area (Å²) in [6, 6.07) is 2.42. The molecule has 0 bridgehead atoms. The van der Waals surface area contributed by atoms with Crippen molar-refractivity contribution in [3.63, 3.8) is 0 Å². The van der Waals surface area contributed by atoms with E-state index >= 15 is 0 Å². The lowest BCUT2D eigenvalue weighted by atomic mass is 10.1. The van der Waals surface area contributed by atoms with Crippen molar-refractivity contribution in [1.29, 1.82) is 0 Å². The quantitative estimate of drug-likeness (QED) is 0.844. The van der Waals surface area contributed by atoms with E-state index in [1.165, 1.54) is 26.2 Å². The minimum Gasteiger partial charge on any atom is -0.494 e. The number of halogens is 2. The Morgan fingerprint density at radius 3 is 2.71 bits per heavy atom. The minimum absolute atomic E-state index is 0.0194. The largest absolute Gasteiger partial charge is 0.494 e. The highest BCUT2D eigenvalue weighted by Crippen LogP contribution is 2.28. The Labute approximate surface area is 162 Å². The lowest BCUT2D eigenvalue weighted by Crippen LogP contribution is -2.35. The lowest BCUT2D eigenvalue weighted by Gasteiger charge is -2.29. The third-order valence-corrected chi connectivity index (χ3v) is 4.70. The summed E-state index contributed by atoms with van der Waals surface area (Å²) in [4.78, 5) is 24.2. The highest BCUT2D eigenvalue weighted by atomic mass is 19.1. The van der Waals surface area contributed by atoms with Gasteiger partial charge in [-0.05, 0) is 18.6 Å². The van der Waals surface area contributed by atoms with Crippen molar-refractivity contribution in [3.05, 3.63) is 40.6 Å². The molecule has 0 fully saturated rings. The number of nitrogens with one attached hydrogen (secondary N) is 1. The molecule has 9 heteroatoms.